The molecule has 1 aromatic heterocycles. The van der Waals surface area contributed by atoms with Crippen molar-refractivity contribution in [2.45, 2.75) is 31.7 Å². The number of aromatic nitrogens is 1. The maximum absolute atomic E-state index is 5.84. The van der Waals surface area contributed by atoms with E-state index in [0.29, 0.717) is 0 Å². The number of oxazole rings is 1. The fourth-order valence-corrected chi connectivity index (χ4v) is 2.59. The molecule has 3 rings (SSSR count). The van der Waals surface area contributed by atoms with Gasteiger partial charge in [-0.15, -0.1) is 0 Å². The molecule has 0 unspecified atom stereocenters. The summed E-state index contributed by atoms with van der Waals surface area (Å²) in [6, 6.07) is 6.63. The van der Waals surface area contributed by atoms with E-state index >= 15 is 0 Å². The highest BCUT2D eigenvalue weighted by Crippen LogP contribution is 2.33. The van der Waals surface area contributed by atoms with Crippen LogP contribution in [-0.4, -0.2) is 24.7 Å². The predicted octanol–water partition coefficient (Wildman–Crippen LogP) is 3.80. The molecule has 2 aromatic rings. The molecular weight excluding hydrogens is 332 g/mol. The van der Waals surface area contributed by atoms with Crippen LogP contribution in [0.15, 0.2) is 33.3 Å². The number of hydrogen-bond donors (Lipinski definition) is 1. The van der Waals surface area contributed by atoms with Gasteiger partial charge in [0.1, 0.15) is 5.75 Å². The van der Waals surface area contributed by atoms with Gasteiger partial charge in [0.25, 0.3) is 0 Å². The number of nitrogens with one attached hydrogen (secondary N) is 1. The van der Waals surface area contributed by atoms with Crippen LogP contribution in [0.5, 0.6) is 5.75 Å². The van der Waals surface area contributed by atoms with Gasteiger partial charge < -0.3 is 14.5 Å². The van der Waals surface area contributed by atoms with Gasteiger partial charge in [0.05, 0.1) is 18.9 Å². The van der Waals surface area contributed by atoms with Crippen LogP contribution in [0.4, 0.5) is 0 Å². The van der Waals surface area contributed by atoms with Crippen molar-refractivity contribution >= 4 is 15.9 Å². The quantitative estimate of drug-likeness (QED) is 0.771. The minimum absolute atomic E-state index is 0.754. The monoisotopic (exact) mass is 350 g/mol. The largest absolute Gasteiger partial charge is 0.496 e. The molecule has 112 valence electrons. The summed E-state index contributed by atoms with van der Waals surface area (Å²) in [5, 5.41) is 3.50. The van der Waals surface area contributed by atoms with Gasteiger partial charge in [-0.1, -0.05) is 15.9 Å². The van der Waals surface area contributed by atoms with Crippen LogP contribution in [0, 0.1) is 0 Å². The van der Waals surface area contributed by atoms with Gasteiger partial charge in [-0.3, -0.25) is 0 Å². The van der Waals surface area contributed by atoms with Crippen LogP contribution in [0.2, 0.25) is 0 Å². The first-order valence-corrected chi connectivity index (χ1v) is 8.07. The van der Waals surface area contributed by atoms with Crippen LogP contribution >= 0.6 is 15.9 Å². The molecule has 4 nitrogen and oxygen atoms in total. The Morgan fingerprint density at radius 3 is 3.05 bits per heavy atom. The lowest BCUT2D eigenvalue weighted by Crippen LogP contribution is -2.17. The average Bonchev–Trinajstić information content (AvgIpc) is 3.20. The number of methoxy groups -OCH3 is 1. The second-order valence-electron chi connectivity index (χ2n) is 5.29. The molecular formula is C16H19BrN2O2. The smallest absolute Gasteiger partial charge is 0.194 e. The molecule has 1 N–H and O–H groups in total. The molecule has 0 radical (unpaired) electrons. The molecule has 1 fully saturated rings. The normalized spacial score (nSPS) is 14.4. The summed E-state index contributed by atoms with van der Waals surface area (Å²) in [5.41, 5.74) is 0.926. The Morgan fingerprint density at radius 1 is 1.43 bits per heavy atom. The molecule has 1 aromatic carbocycles. The highest BCUT2D eigenvalue weighted by Gasteiger charge is 2.19. The highest BCUT2D eigenvalue weighted by molar-refractivity contribution is 9.10. The molecule has 0 atom stereocenters. The standard InChI is InChI=1S/C16H19BrN2O2/c1-20-14-9-11(17)4-7-13(14)15-10-19-16(21-15)3-2-8-18-12-5-6-12/h4,7,9-10,12,18H,2-3,5-6,8H2,1H3. The zero-order valence-corrected chi connectivity index (χ0v) is 13.6. The molecule has 0 spiro atoms. The first-order valence-electron chi connectivity index (χ1n) is 7.28. The fourth-order valence-electron chi connectivity index (χ4n) is 2.25. The Bertz CT molecular complexity index is 608. The molecule has 0 saturated heterocycles. The van der Waals surface area contributed by atoms with Crippen LogP contribution < -0.4 is 10.1 Å². The van der Waals surface area contributed by atoms with E-state index in [2.05, 4.69) is 26.2 Å². The molecule has 1 heterocycles. The van der Waals surface area contributed by atoms with Crippen molar-refractivity contribution in [3.8, 4) is 17.1 Å². The Kier molecular flexibility index (Phi) is 4.60. The van der Waals surface area contributed by atoms with E-state index in [1.807, 2.05) is 18.2 Å². The summed E-state index contributed by atoms with van der Waals surface area (Å²) in [5.74, 6) is 2.32. The Balaban J connectivity index is 1.63. The lowest BCUT2D eigenvalue weighted by molar-refractivity contribution is 0.413. The number of benzene rings is 1. The van der Waals surface area contributed by atoms with Crippen molar-refractivity contribution < 1.29 is 9.15 Å². The third-order valence-corrected chi connectivity index (χ3v) is 4.05. The second-order valence-corrected chi connectivity index (χ2v) is 6.21. The minimum Gasteiger partial charge on any atom is -0.496 e. The van der Waals surface area contributed by atoms with E-state index in [0.717, 1.165) is 52.9 Å². The minimum atomic E-state index is 0.754. The van der Waals surface area contributed by atoms with Crippen LogP contribution in [0.1, 0.15) is 25.2 Å². The molecule has 1 aliphatic carbocycles. The number of halogens is 1. The number of hydrogen-bond acceptors (Lipinski definition) is 4. The summed E-state index contributed by atoms with van der Waals surface area (Å²) in [6.45, 7) is 1.03. The summed E-state index contributed by atoms with van der Waals surface area (Å²) in [6.07, 6.45) is 6.33. The summed E-state index contributed by atoms with van der Waals surface area (Å²) in [7, 11) is 1.66. The number of aryl methyl sites for hydroxylation is 1. The van der Waals surface area contributed by atoms with Crippen molar-refractivity contribution in [3.63, 3.8) is 0 Å². The zero-order chi connectivity index (χ0) is 14.7. The number of nitrogens with zero attached hydrogens (tertiary/aromatic N) is 1. The van der Waals surface area contributed by atoms with Gasteiger partial charge in [0, 0.05) is 16.9 Å². The van der Waals surface area contributed by atoms with E-state index in [-0.39, 0.29) is 0 Å². The van der Waals surface area contributed by atoms with E-state index in [9.17, 15) is 0 Å². The molecule has 1 saturated carbocycles. The van der Waals surface area contributed by atoms with Crippen LogP contribution in [0.3, 0.4) is 0 Å². The van der Waals surface area contributed by atoms with E-state index in [1.54, 1.807) is 13.3 Å². The van der Waals surface area contributed by atoms with Gasteiger partial charge in [0.2, 0.25) is 0 Å². The first-order chi connectivity index (χ1) is 10.3. The van der Waals surface area contributed by atoms with Gasteiger partial charge in [-0.25, -0.2) is 4.98 Å². The maximum Gasteiger partial charge on any atom is 0.194 e. The third kappa shape index (κ3) is 3.86. The molecule has 1 aliphatic rings. The molecule has 21 heavy (non-hydrogen) atoms. The van der Waals surface area contributed by atoms with Crippen molar-refractivity contribution in [1.29, 1.82) is 0 Å². The second kappa shape index (κ2) is 6.62. The molecule has 0 amide bonds. The van der Waals surface area contributed by atoms with E-state index < -0.39 is 0 Å². The number of ether oxygens (including phenoxy) is 1. The average molecular weight is 351 g/mol. The summed E-state index contributed by atoms with van der Waals surface area (Å²) >= 11 is 3.44. The molecule has 0 bridgehead atoms. The Labute approximate surface area is 133 Å². The lowest BCUT2D eigenvalue weighted by atomic mass is 10.1. The number of rotatable bonds is 7. The van der Waals surface area contributed by atoms with Crippen molar-refractivity contribution in [2.24, 2.45) is 0 Å². The van der Waals surface area contributed by atoms with E-state index in [1.165, 1.54) is 12.8 Å². The van der Waals surface area contributed by atoms with Crippen LogP contribution in [0.25, 0.3) is 11.3 Å². The zero-order valence-electron chi connectivity index (χ0n) is 12.1. The molecule has 0 aliphatic heterocycles. The SMILES string of the molecule is COc1cc(Br)ccc1-c1cnc(CCCNC2CC2)o1. The summed E-state index contributed by atoms with van der Waals surface area (Å²) in [4.78, 5) is 4.36. The fraction of sp³-hybridized carbons (Fsp3) is 0.438. The maximum atomic E-state index is 5.84. The highest BCUT2D eigenvalue weighted by atomic mass is 79.9. The first kappa shape index (κ1) is 14.6. The predicted molar refractivity (Wildman–Crippen MR) is 85.5 cm³/mol. The van der Waals surface area contributed by atoms with Gasteiger partial charge in [-0.05, 0) is 44.0 Å². The van der Waals surface area contributed by atoms with Crippen molar-refractivity contribution in [1.82, 2.24) is 10.3 Å². The van der Waals surface area contributed by atoms with Crippen LogP contribution in [-0.2, 0) is 6.42 Å². The topological polar surface area (TPSA) is 47.3 Å². The Morgan fingerprint density at radius 2 is 2.29 bits per heavy atom. The lowest BCUT2D eigenvalue weighted by Gasteiger charge is -2.06. The van der Waals surface area contributed by atoms with Crippen molar-refractivity contribution in [3.05, 3.63) is 34.8 Å². The van der Waals surface area contributed by atoms with Gasteiger partial charge >= 0.3 is 0 Å². The Hall–Kier alpha value is -1.33. The van der Waals surface area contributed by atoms with E-state index in [4.69, 9.17) is 9.15 Å². The van der Waals surface area contributed by atoms with Gasteiger partial charge in [0.15, 0.2) is 11.7 Å². The van der Waals surface area contributed by atoms with Gasteiger partial charge in [-0.2, -0.15) is 0 Å². The van der Waals surface area contributed by atoms with Crippen molar-refractivity contribution in [2.75, 3.05) is 13.7 Å². The summed E-state index contributed by atoms with van der Waals surface area (Å²) < 4.78 is 12.2. The molecule has 5 heteroatoms. The third-order valence-electron chi connectivity index (χ3n) is 3.56.